The smallest absolute Gasteiger partial charge is 0.165 e. The van der Waals surface area contributed by atoms with Gasteiger partial charge < -0.3 is 9.47 Å². The quantitative estimate of drug-likeness (QED) is 0.662. The molecule has 0 aliphatic heterocycles. The fourth-order valence-corrected chi connectivity index (χ4v) is 3.43. The van der Waals surface area contributed by atoms with Gasteiger partial charge in [-0.15, -0.1) is 0 Å². The molecule has 20 heavy (non-hydrogen) atoms. The molecule has 0 fully saturated rings. The standard InChI is InChI=1S/C15H13Br2FO2/c1-19-10-4-5-11(12(16)8-10)15(17)9-3-6-13(18)14(7-9)20-2/h3-8,15H,1-2H3. The van der Waals surface area contributed by atoms with Gasteiger partial charge in [0.2, 0.25) is 0 Å². The Morgan fingerprint density at radius 1 is 1.05 bits per heavy atom. The molecule has 0 N–H and O–H groups in total. The number of benzene rings is 2. The van der Waals surface area contributed by atoms with Crippen molar-refractivity contribution in [2.45, 2.75) is 4.83 Å². The highest BCUT2D eigenvalue weighted by Gasteiger charge is 2.16. The summed E-state index contributed by atoms with van der Waals surface area (Å²) >= 11 is 7.15. The maximum absolute atomic E-state index is 13.4. The SMILES string of the molecule is COc1ccc(C(Br)c2ccc(F)c(OC)c2)c(Br)c1. The van der Waals surface area contributed by atoms with Crippen LogP contribution in [0.3, 0.4) is 0 Å². The molecule has 1 unspecified atom stereocenters. The minimum Gasteiger partial charge on any atom is -0.497 e. The maximum atomic E-state index is 13.4. The van der Waals surface area contributed by atoms with Crippen LogP contribution in [0.15, 0.2) is 40.9 Å². The lowest BCUT2D eigenvalue weighted by Crippen LogP contribution is -1.97. The lowest BCUT2D eigenvalue weighted by atomic mass is 10.0. The summed E-state index contributed by atoms with van der Waals surface area (Å²) in [5.41, 5.74) is 1.94. The van der Waals surface area contributed by atoms with Gasteiger partial charge >= 0.3 is 0 Å². The molecule has 2 aromatic rings. The first-order valence-corrected chi connectivity index (χ1v) is 7.58. The van der Waals surface area contributed by atoms with Gasteiger partial charge in [0, 0.05) is 4.47 Å². The van der Waals surface area contributed by atoms with Gasteiger partial charge in [0.15, 0.2) is 11.6 Å². The van der Waals surface area contributed by atoms with Crippen LogP contribution < -0.4 is 9.47 Å². The lowest BCUT2D eigenvalue weighted by Gasteiger charge is -2.15. The molecule has 2 aromatic carbocycles. The average molecular weight is 404 g/mol. The van der Waals surface area contributed by atoms with Crippen molar-refractivity contribution in [3.05, 3.63) is 57.8 Å². The summed E-state index contributed by atoms with van der Waals surface area (Å²) < 4.78 is 24.5. The zero-order chi connectivity index (χ0) is 14.7. The van der Waals surface area contributed by atoms with Crippen molar-refractivity contribution in [3.8, 4) is 11.5 Å². The van der Waals surface area contributed by atoms with Gasteiger partial charge in [0.05, 0.1) is 19.0 Å². The Morgan fingerprint density at radius 3 is 2.40 bits per heavy atom. The molecule has 0 saturated heterocycles. The van der Waals surface area contributed by atoms with Crippen molar-refractivity contribution in [1.82, 2.24) is 0 Å². The van der Waals surface area contributed by atoms with Gasteiger partial charge in [-0.2, -0.15) is 0 Å². The van der Waals surface area contributed by atoms with Gasteiger partial charge in [-0.1, -0.05) is 44.0 Å². The molecule has 0 heterocycles. The second-order valence-electron chi connectivity index (χ2n) is 4.14. The van der Waals surface area contributed by atoms with E-state index in [-0.39, 0.29) is 16.4 Å². The monoisotopic (exact) mass is 402 g/mol. The van der Waals surface area contributed by atoms with Crippen LogP contribution >= 0.6 is 31.9 Å². The molecule has 106 valence electrons. The summed E-state index contributed by atoms with van der Waals surface area (Å²) in [6, 6.07) is 10.6. The van der Waals surface area contributed by atoms with Crippen molar-refractivity contribution >= 4 is 31.9 Å². The first-order valence-electron chi connectivity index (χ1n) is 5.87. The van der Waals surface area contributed by atoms with Gasteiger partial charge in [0.1, 0.15) is 5.75 Å². The number of rotatable bonds is 4. The third-order valence-corrected chi connectivity index (χ3v) is 4.66. The summed E-state index contributed by atoms with van der Waals surface area (Å²) in [6.45, 7) is 0. The third-order valence-electron chi connectivity index (χ3n) is 2.95. The molecule has 0 spiro atoms. The minimum absolute atomic E-state index is 0.0720. The topological polar surface area (TPSA) is 18.5 Å². The minimum atomic E-state index is -0.371. The average Bonchev–Trinajstić information content (AvgIpc) is 2.47. The largest absolute Gasteiger partial charge is 0.497 e. The van der Waals surface area contributed by atoms with Crippen molar-refractivity contribution < 1.29 is 13.9 Å². The predicted molar refractivity (Wildman–Crippen MR) is 84.4 cm³/mol. The van der Waals surface area contributed by atoms with Crippen molar-refractivity contribution in [2.75, 3.05) is 14.2 Å². The maximum Gasteiger partial charge on any atom is 0.165 e. The van der Waals surface area contributed by atoms with Crippen LogP contribution in [0.5, 0.6) is 11.5 Å². The molecule has 5 heteroatoms. The van der Waals surface area contributed by atoms with Crippen molar-refractivity contribution in [1.29, 1.82) is 0 Å². The highest BCUT2D eigenvalue weighted by atomic mass is 79.9. The summed E-state index contributed by atoms with van der Waals surface area (Å²) in [5, 5.41) is 0. The predicted octanol–water partition coefficient (Wildman–Crippen LogP) is 5.09. The molecular formula is C15H13Br2FO2. The zero-order valence-electron chi connectivity index (χ0n) is 11.0. The number of hydrogen-bond donors (Lipinski definition) is 0. The molecule has 0 amide bonds. The zero-order valence-corrected chi connectivity index (χ0v) is 14.2. The van der Waals surface area contributed by atoms with E-state index in [0.717, 1.165) is 21.3 Å². The van der Waals surface area contributed by atoms with Crippen LogP contribution in [0, 0.1) is 5.82 Å². The van der Waals surface area contributed by atoms with Crippen LogP contribution in [0.2, 0.25) is 0 Å². The van der Waals surface area contributed by atoms with E-state index >= 15 is 0 Å². The van der Waals surface area contributed by atoms with E-state index in [1.54, 1.807) is 19.2 Å². The fraction of sp³-hybridized carbons (Fsp3) is 0.200. The molecule has 0 aliphatic carbocycles. The molecule has 2 rings (SSSR count). The molecule has 1 atom stereocenters. The van der Waals surface area contributed by atoms with Crippen LogP contribution in [-0.4, -0.2) is 14.2 Å². The number of methoxy groups -OCH3 is 2. The molecule has 0 bridgehead atoms. The van der Waals surface area contributed by atoms with E-state index in [9.17, 15) is 4.39 Å². The van der Waals surface area contributed by atoms with E-state index < -0.39 is 0 Å². The fourth-order valence-electron chi connectivity index (χ4n) is 1.85. The summed E-state index contributed by atoms with van der Waals surface area (Å²) in [4.78, 5) is -0.0720. The first kappa shape index (κ1) is 15.3. The van der Waals surface area contributed by atoms with Gasteiger partial charge in [0.25, 0.3) is 0 Å². The highest BCUT2D eigenvalue weighted by molar-refractivity contribution is 9.11. The van der Waals surface area contributed by atoms with Crippen LogP contribution in [0.4, 0.5) is 4.39 Å². The molecule has 0 aromatic heterocycles. The third kappa shape index (κ3) is 3.15. The number of hydrogen-bond acceptors (Lipinski definition) is 2. The Kier molecular flexibility index (Phi) is 5.05. The van der Waals surface area contributed by atoms with Gasteiger partial charge in [-0.05, 0) is 35.4 Å². The Morgan fingerprint density at radius 2 is 1.80 bits per heavy atom. The number of halogens is 3. The first-order chi connectivity index (χ1) is 9.56. The second-order valence-corrected chi connectivity index (χ2v) is 5.91. The molecule has 0 radical (unpaired) electrons. The summed E-state index contributed by atoms with van der Waals surface area (Å²) in [5.74, 6) is 0.637. The van der Waals surface area contributed by atoms with Crippen LogP contribution in [-0.2, 0) is 0 Å². The molecular weight excluding hydrogens is 391 g/mol. The van der Waals surface area contributed by atoms with E-state index in [2.05, 4.69) is 31.9 Å². The van der Waals surface area contributed by atoms with Gasteiger partial charge in [-0.3, -0.25) is 0 Å². The van der Waals surface area contributed by atoms with Crippen molar-refractivity contribution in [2.24, 2.45) is 0 Å². The molecule has 0 aliphatic rings. The van der Waals surface area contributed by atoms with E-state index in [0.29, 0.717) is 0 Å². The number of alkyl halides is 1. The normalized spacial score (nSPS) is 12.1. The van der Waals surface area contributed by atoms with E-state index in [1.807, 2.05) is 18.2 Å². The second kappa shape index (κ2) is 6.59. The molecule has 0 saturated carbocycles. The van der Waals surface area contributed by atoms with Crippen LogP contribution in [0.25, 0.3) is 0 Å². The van der Waals surface area contributed by atoms with Crippen LogP contribution in [0.1, 0.15) is 16.0 Å². The summed E-state index contributed by atoms with van der Waals surface area (Å²) in [6.07, 6.45) is 0. The lowest BCUT2D eigenvalue weighted by molar-refractivity contribution is 0.386. The number of ether oxygens (including phenoxy) is 2. The summed E-state index contributed by atoms with van der Waals surface area (Å²) in [7, 11) is 3.08. The Balaban J connectivity index is 2.38. The van der Waals surface area contributed by atoms with Crippen molar-refractivity contribution in [3.63, 3.8) is 0 Å². The van der Waals surface area contributed by atoms with Gasteiger partial charge in [-0.25, -0.2) is 4.39 Å². The van der Waals surface area contributed by atoms with E-state index in [1.165, 1.54) is 13.2 Å². The highest BCUT2D eigenvalue weighted by Crippen LogP contribution is 2.38. The van der Waals surface area contributed by atoms with E-state index in [4.69, 9.17) is 9.47 Å². The Bertz CT molecular complexity index is 617. The Hall–Kier alpha value is -1.07. The Labute approximate surface area is 134 Å². The molecule has 2 nitrogen and oxygen atoms in total.